The molecular weight excluding hydrogens is 222 g/mol. The molecular formula is C12H17NO4. The first-order valence-electron chi connectivity index (χ1n) is 5.28. The van der Waals surface area contributed by atoms with Crippen LogP contribution >= 0.6 is 0 Å². The van der Waals surface area contributed by atoms with E-state index >= 15 is 0 Å². The summed E-state index contributed by atoms with van der Waals surface area (Å²) in [6.07, 6.45) is -0.0324. The molecule has 0 radical (unpaired) electrons. The minimum absolute atomic E-state index is 0.131. The van der Waals surface area contributed by atoms with E-state index in [2.05, 4.69) is 0 Å². The second kappa shape index (κ2) is 5.65. The van der Waals surface area contributed by atoms with E-state index in [1.54, 1.807) is 26.2 Å². The lowest BCUT2D eigenvalue weighted by Gasteiger charge is -2.14. The maximum atomic E-state index is 10.6. The van der Waals surface area contributed by atoms with Crippen LogP contribution in [0, 0.1) is 0 Å². The Morgan fingerprint density at radius 2 is 2.18 bits per heavy atom. The molecule has 17 heavy (non-hydrogen) atoms. The van der Waals surface area contributed by atoms with Gasteiger partial charge in [-0.1, -0.05) is 6.07 Å². The minimum atomic E-state index is -1.04. The van der Waals surface area contributed by atoms with Crippen molar-refractivity contribution in [1.82, 2.24) is 0 Å². The van der Waals surface area contributed by atoms with Crippen LogP contribution in [-0.4, -0.2) is 29.3 Å². The van der Waals surface area contributed by atoms with Crippen LogP contribution in [0.5, 0.6) is 5.75 Å². The third kappa shape index (κ3) is 3.44. The number of hydrogen-bond acceptors (Lipinski definition) is 4. The molecule has 0 fully saturated rings. The SMILES string of the molecule is COC(C)c1cc(CC(N)C(=O)O)ccc1O. The molecule has 0 amide bonds. The summed E-state index contributed by atoms with van der Waals surface area (Å²) in [5.74, 6) is -0.911. The van der Waals surface area contributed by atoms with Crippen LogP contribution in [0.15, 0.2) is 18.2 Å². The fourth-order valence-corrected chi connectivity index (χ4v) is 1.52. The lowest BCUT2D eigenvalue weighted by molar-refractivity contribution is -0.138. The molecule has 0 aliphatic carbocycles. The molecule has 0 heterocycles. The second-order valence-corrected chi connectivity index (χ2v) is 3.92. The molecule has 0 bridgehead atoms. The molecule has 1 aromatic rings. The molecule has 1 aromatic carbocycles. The van der Waals surface area contributed by atoms with Gasteiger partial charge in [0, 0.05) is 12.7 Å². The van der Waals surface area contributed by atoms with Crippen molar-refractivity contribution in [3.63, 3.8) is 0 Å². The molecule has 0 aliphatic heterocycles. The van der Waals surface area contributed by atoms with Gasteiger partial charge in [-0.25, -0.2) is 0 Å². The number of hydrogen-bond donors (Lipinski definition) is 3. The van der Waals surface area contributed by atoms with Crippen LogP contribution in [0.25, 0.3) is 0 Å². The lowest BCUT2D eigenvalue weighted by atomic mass is 10.0. The zero-order valence-corrected chi connectivity index (χ0v) is 9.88. The summed E-state index contributed by atoms with van der Waals surface area (Å²) in [6, 6.07) is 3.95. The smallest absolute Gasteiger partial charge is 0.320 e. The summed E-state index contributed by atoms with van der Waals surface area (Å²) >= 11 is 0. The number of nitrogens with two attached hydrogens (primary N) is 1. The molecule has 0 saturated carbocycles. The monoisotopic (exact) mass is 239 g/mol. The number of aromatic hydroxyl groups is 1. The first kappa shape index (κ1) is 13.5. The Kier molecular flexibility index (Phi) is 4.48. The quantitative estimate of drug-likeness (QED) is 0.714. The predicted octanol–water partition coefficient (Wildman–Crippen LogP) is 1.05. The van der Waals surface area contributed by atoms with Crippen LogP contribution in [0.2, 0.25) is 0 Å². The Morgan fingerprint density at radius 1 is 1.53 bits per heavy atom. The van der Waals surface area contributed by atoms with Gasteiger partial charge in [0.25, 0.3) is 0 Å². The third-order valence-electron chi connectivity index (χ3n) is 2.66. The van der Waals surface area contributed by atoms with Gasteiger partial charge in [0.15, 0.2) is 0 Å². The van der Waals surface area contributed by atoms with Gasteiger partial charge in [-0.2, -0.15) is 0 Å². The number of rotatable bonds is 5. The number of carbonyl (C=O) groups is 1. The Bertz CT molecular complexity index is 405. The summed E-state index contributed by atoms with van der Waals surface area (Å²) in [4.78, 5) is 10.6. The van der Waals surface area contributed by atoms with E-state index in [0.29, 0.717) is 5.56 Å². The van der Waals surface area contributed by atoms with Gasteiger partial charge in [-0.15, -0.1) is 0 Å². The summed E-state index contributed by atoms with van der Waals surface area (Å²) in [6.45, 7) is 1.80. The molecule has 0 aromatic heterocycles. The van der Waals surface area contributed by atoms with Gasteiger partial charge in [-0.05, 0) is 31.0 Å². The van der Waals surface area contributed by atoms with Gasteiger partial charge in [-0.3, -0.25) is 4.79 Å². The molecule has 5 heteroatoms. The van der Waals surface area contributed by atoms with Gasteiger partial charge in [0.1, 0.15) is 11.8 Å². The third-order valence-corrected chi connectivity index (χ3v) is 2.66. The van der Waals surface area contributed by atoms with Crippen molar-refractivity contribution in [2.45, 2.75) is 25.5 Å². The van der Waals surface area contributed by atoms with Crippen molar-refractivity contribution in [2.75, 3.05) is 7.11 Å². The number of benzene rings is 1. The van der Waals surface area contributed by atoms with Crippen LogP contribution in [0.3, 0.4) is 0 Å². The fraction of sp³-hybridized carbons (Fsp3) is 0.417. The second-order valence-electron chi connectivity index (χ2n) is 3.92. The highest BCUT2D eigenvalue weighted by Gasteiger charge is 2.15. The number of methoxy groups -OCH3 is 1. The minimum Gasteiger partial charge on any atom is -0.508 e. The van der Waals surface area contributed by atoms with Crippen molar-refractivity contribution in [1.29, 1.82) is 0 Å². The summed E-state index contributed by atoms with van der Waals surface area (Å²) in [5.41, 5.74) is 6.84. The Balaban J connectivity index is 2.92. The van der Waals surface area contributed by atoms with Gasteiger partial charge >= 0.3 is 5.97 Å². The van der Waals surface area contributed by atoms with E-state index in [0.717, 1.165) is 5.56 Å². The number of ether oxygens (including phenoxy) is 1. The number of aliphatic carboxylic acids is 1. The van der Waals surface area contributed by atoms with Crippen molar-refractivity contribution in [3.05, 3.63) is 29.3 Å². The van der Waals surface area contributed by atoms with E-state index < -0.39 is 12.0 Å². The molecule has 2 unspecified atom stereocenters. The topological polar surface area (TPSA) is 92.8 Å². The average molecular weight is 239 g/mol. The lowest BCUT2D eigenvalue weighted by Crippen LogP contribution is -2.32. The largest absolute Gasteiger partial charge is 0.508 e. The van der Waals surface area contributed by atoms with Crippen LogP contribution < -0.4 is 5.73 Å². The van der Waals surface area contributed by atoms with Gasteiger partial charge < -0.3 is 20.7 Å². The number of carboxylic acids is 1. The number of phenolic OH excluding ortho intramolecular Hbond substituents is 1. The molecule has 0 spiro atoms. The van der Waals surface area contributed by atoms with Crippen molar-refractivity contribution in [3.8, 4) is 5.75 Å². The normalized spacial score (nSPS) is 14.3. The zero-order valence-electron chi connectivity index (χ0n) is 9.88. The molecule has 5 nitrogen and oxygen atoms in total. The highest BCUT2D eigenvalue weighted by molar-refractivity contribution is 5.73. The van der Waals surface area contributed by atoms with Crippen molar-refractivity contribution < 1.29 is 19.7 Å². The summed E-state index contributed by atoms with van der Waals surface area (Å²) < 4.78 is 5.12. The molecule has 4 N–H and O–H groups in total. The maximum absolute atomic E-state index is 10.6. The molecule has 0 saturated heterocycles. The van der Waals surface area contributed by atoms with Crippen LogP contribution in [-0.2, 0) is 16.0 Å². The van der Waals surface area contributed by atoms with Crippen LogP contribution in [0.4, 0.5) is 0 Å². The Labute approximate surface area is 99.8 Å². The summed E-state index contributed by atoms with van der Waals surface area (Å²) in [5, 5.41) is 18.4. The Morgan fingerprint density at radius 3 is 2.71 bits per heavy atom. The fourth-order valence-electron chi connectivity index (χ4n) is 1.52. The van der Waals surface area contributed by atoms with Gasteiger partial charge in [0.05, 0.1) is 6.10 Å². The molecule has 0 aliphatic rings. The number of phenols is 1. The predicted molar refractivity (Wildman–Crippen MR) is 62.8 cm³/mol. The van der Waals surface area contributed by atoms with Crippen LogP contribution in [0.1, 0.15) is 24.2 Å². The first-order chi connectivity index (χ1) is 7.95. The molecule has 2 atom stereocenters. The van der Waals surface area contributed by atoms with E-state index in [1.807, 2.05) is 0 Å². The highest BCUT2D eigenvalue weighted by atomic mass is 16.5. The first-order valence-corrected chi connectivity index (χ1v) is 5.28. The van der Waals surface area contributed by atoms with Crippen molar-refractivity contribution in [2.24, 2.45) is 5.73 Å². The summed E-state index contributed by atoms with van der Waals surface area (Å²) in [7, 11) is 1.54. The van der Waals surface area contributed by atoms with E-state index in [9.17, 15) is 9.90 Å². The zero-order chi connectivity index (χ0) is 13.0. The van der Waals surface area contributed by atoms with E-state index in [-0.39, 0.29) is 18.3 Å². The number of carboxylic acid groups (broad SMARTS) is 1. The standard InChI is InChI=1S/C12H17NO4/c1-7(17-2)9-5-8(3-4-11(9)14)6-10(13)12(15)16/h3-5,7,10,14H,6,13H2,1-2H3,(H,15,16). The highest BCUT2D eigenvalue weighted by Crippen LogP contribution is 2.27. The maximum Gasteiger partial charge on any atom is 0.320 e. The molecule has 94 valence electrons. The van der Waals surface area contributed by atoms with E-state index in [4.69, 9.17) is 15.6 Å². The molecule has 1 rings (SSSR count). The van der Waals surface area contributed by atoms with E-state index in [1.165, 1.54) is 6.07 Å². The Hall–Kier alpha value is -1.59. The average Bonchev–Trinajstić information content (AvgIpc) is 2.30. The van der Waals surface area contributed by atoms with Crippen molar-refractivity contribution >= 4 is 5.97 Å². The van der Waals surface area contributed by atoms with Gasteiger partial charge in [0.2, 0.25) is 0 Å².